The molecule has 8 nitrogen and oxygen atoms in total. The molecule has 3 aromatic carbocycles. The van der Waals surface area contributed by atoms with Gasteiger partial charge in [-0.1, -0.05) is 18.2 Å². The molecule has 0 fully saturated rings. The van der Waals surface area contributed by atoms with Crippen molar-refractivity contribution in [2.75, 3.05) is 33.2 Å². The van der Waals surface area contributed by atoms with Crippen LogP contribution in [0.5, 0.6) is 28.7 Å². The summed E-state index contributed by atoms with van der Waals surface area (Å²) in [6.45, 7) is 0. The summed E-state index contributed by atoms with van der Waals surface area (Å²) in [6.07, 6.45) is -1.60. The van der Waals surface area contributed by atoms with Gasteiger partial charge < -0.3 is 24.1 Å². The number of aromatic hydroxyl groups is 1. The average Bonchev–Trinajstić information content (AvgIpc) is 2.87. The minimum atomic E-state index is -4.73. The first-order valence-corrected chi connectivity index (χ1v) is 12.0. The minimum absolute atomic E-state index is 0.177. The third-order valence-corrected chi connectivity index (χ3v) is 6.57. The first kappa shape index (κ1) is 27.5. The molecule has 2 N–H and O–H groups in total. The number of benzene rings is 3. The number of halogens is 3. The summed E-state index contributed by atoms with van der Waals surface area (Å²) < 4.78 is 88.9. The van der Waals surface area contributed by atoms with Crippen molar-refractivity contribution >= 4 is 27.9 Å². The van der Waals surface area contributed by atoms with E-state index < -0.39 is 26.7 Å². The van der Waals surface area contributed by atoms with E-state index in [4.69, 9.17) is 18.9 Å². The number of nitrogens with one attached hydrogen (secondary N) is 1. The third-order valence-electron chi connectivity index (χ3n) is 5.22. The maximum absolute atomic E-state index is 13.1. The maximum Gasteiger partial charge on any atom is 0.416 e. The summed E-state index contributed by atoms with van der Waals surface area (Å²) in [5, 5.41) is 10.2. The predicted molar refractivity (Wildman–Crippen MR) is 132 cm³/mol. The molecule has 0 aliphatic rings. The van der Waals surface area contributed by atoms with Crippen LogP contribution in [0.3, 0.4) is 0 Å². The van der Waals surface area contributed by atoms with Crippen LogP contribution in [-0.2, 0) is 16.2 Å². The van der Waals surface area contributed by atoms with E-state index in [0.29, 0.717) is 28.9 Å². The van der Waals surface area contributed by atoms with E-state index in [0.717, 1.165) is 18.2 Å². The second-order valence-electron chi connectivity index (χ2n) is 7.51. The van der Waals surface area contributed by atoms with Gasteiger partial charge in [0.25, 0.3) is 10.0 Å². The molecule has 0 saturated heterocycles. The van der Waals surface area contributed by atoms with Gasteiger partial charge in [-0.2, -0.15) is 13.2 Å². The fourth-order valence-electron chi connectivity index (χ4n) is 3.45. The molecule has 0 aliphatic carbocycles. The number of ether oxygens (including phenoxy) is 4. The molecule has 0 unspecified atom stereocenters. The van der Waals surface area contributed by atoms with Crippen molar-refractivity contribution in [1.29, 1.82) is 0 Å². The van der Waals surface area contributed by atoms with Crippen molar-refractivity contribution in [3.05, 3.63) is 65.2 Å². The lowest BCUT2D eigenvalue weighted by Gasteiger charge is -2.16. The van der Waals surface area contributed by atoms with Gasteiger partial charge in [0.2, 0.25) is 5.75 Å². The van der Waals surface area contributed by atoms with Gasteiger partial charge in [-0.25, -0.2) is 8.42 Å². The Morgan fingerprint density at radius 1 is 0.838 bits per heavy atom. The Labute approximate surface area is 211 Å². The van der Waals surface area contributed by atoms with Crippen LogP contribution >= 0.6 is 0 Å². The fourth-order valence-corrected chi connectivity index (χ4v) is 4.59. The third kappa shape index (κ3) is 6.02. The first-order valence-electron chi connectivity index (χ1n) is 10.5. The van der Waals surface area contributed by atoms with Gasteiger partial charge in [-0.15, -0.1) is 0 Å². The van der Waals surface area contributed by atoms with Crippen molar-refractivity contribution in [2.24, 2.45) is 0 Å². The lowest BCUT2D eigenvalue weighted by Crippen LogP contribution is -2.16. The molecule has 198 valence electrons. The highest BCUT2D eigenvalue weighted by molar-refractivity contribution is 7.92. The number of methoxy groups -OCH3 is 4. The van der Waals surface area contributed by atoms with Crippen LogP contribution in [-0.4, -0.2) is 42.0 Å². The zero-order valence-electron chi connectivity index (χ0n) is 20.2. The smallest absolute Gasteiger partial charge is 0.416 e. The quantitative estimate of drug-likeness (QED) is 0.350. The van der Waals surface area contributed by atoms with E-state index >= 15 is 0 Å². The molecule has 0 amide bonds. The standard InChI is InChI=1S/C25H24F3NO7S/c1-33-20-12-15(13-21(34-2)24(20)36-4)8-9-16-10-11-19(30)23(35-3)22(16)29-37(31,32)18-7-5-6-17(14-18)25(26,27)28/h5-14,29-30H,1-4H3. The molecule has 37 heavy (non-hydrogen) atoms. The lowest BCUT2D eigenvalue weighted by molar-refractivity contribution is -0.137. The normalized spacial score (nSPS) is 11.9. The Hall–Kier alpha value is -4.06. The van der Waals surface area contributed by atoms with E-state index in [1.165, 1.54) is 46.6 Å². The maximum atomic E-state index is 13.1. The van der Waals surface area contributed by atoms with Gasteiger partial charge in [0.1, 0.15) is 5.69 Å². The second-order valence-corrected chi connectivity index (χ2v) is 9.19. The highest BCUT2D eigenvalue weighted by atomic mass is 32.2. The van der Waals surface area contributed by atoms with Crippen LogP contribution in [0, 0.1) is 0 Å². The van der Waals surface area contributed by atoms with E-state index in [1.807, 2.05) is 0 Å². The van der Waals surface area contributed by atoms with Crippen molar-refractivity contribution in [3.63, 3.8) is 0 Å². The number of hydrogen-bond donors (Lipinski definition) is 2. The van der Waals surface area contributed by atoms with Gasteiger partial charge in [-0.05, 0) is 48.0 Å². The van der Waals surface area contributed by atoms with Crippen LogP contribution in [0.4, 0.5) is 18.9 Å². The molecule has 0 aliphatic heterocycles. The van der Waals surface area contributed by atoms with Crippen LogP contribution in [0.15, 0.2) is 53.4 Å². The van der Waals surface area contributed by atoms with Gasteiger partial charge in [0.15, 0.2) is 23.0 Å². The van der Waals surface area contributed by atoms with E-state index in [2.05, 4.69) is 4.72 Å². The topological polar surface area (TPSA) is 103 Å². The van der Waals surface area contributed by atoms with E-state index in [-0.39, 0.29) is 22.7 Å². The molecule has 0 bridgehead atoms. The molecular weight excluding hydrogens is 515 g/mol. The number of sulfonamides is 1. The number of phenols is 1. The zero-order valence-corrected chi connectivity index (χ0v) is 21.0. The van der Waals surface area contributed by atoms with Crippen molar-refractivity contribution < 1.29 is 45.6 Å². The summed E-state index contributed by atoms with van der Waals surface area (Å²) in [5.74, 6) is 0.547. The van der Waals surface area contributed by atoms with Crippen LogP contribution in [0.2, 0.25) is 0 Å². The zero-order chi connectivity index (χ0) is 27.4. The largest absolute Gasteiger partial charge is 0.504 e. The van der Waals surface area contributed by atoms with Crippen LogP contribution in [0.1, 0.15) is 16.7 Å². The summed E-state index contributed by atoms with van der Waals surface area (Å²) in [5.41, 5.74) is -0.462. The number of hydrogen-bond acceptors (Lipinski definition) is 7. The highest BCUT2D eigenvalue weighted by Gasteiger charge is 2.32. The molecule has 0 atom stereocenters. The Kier molecular flexibility index (Phi) is 8.12. The number of phenolic OH excluding ortho intramolecular Hbond substituents is 1. The summed E-state index contributed by atoms with van der Waals surface area (Å²) in [4.78, 5) is -0.618. The van der Waals surface area contributed by atoms with E-state index in [9.17, 15) is 26.7 Å². The van der Waals surface area contributed by atoms with E-state index in [1.54, 1.807) is 18.2 Å². The molecule has 0 spiro atoms. The van der Waals surface area contributed by atoms with Gasteiger partial charge in [0, 0.05) is 5.56 Å². The van der Waals surface area contributed by atoms with Crippen molar-refractivity contribution in [3.8, 4) is 28.7 Å². The summed E-state index contributed by atoms with van der Waals surface area (Å²) in [7, 11) is 1.07. The van der Waals surface area contributed by atoms with Crippen molar-refractivity contribution in [1.82, 2.24) is 0 Å². The molecule has 0 saturated carbocycles. The molecule has 3 rings (SSSR count). The molecule has 3 aromatic rings. The van der Waals surface area contributed by atoms with Crippen LogP contribution < -0.4 is 23.7 Å². The summed E-state index contributed by atoms with van der Waals surface area (Å²) in [6, 6.07) is 9.30. The fraction of sp³-hybridized carbons (Fsp3) is 0.200. The number of alkyl halides is 3. The monoisotopic (exact) mass is 539 g/mol. The van der Waals surface area contributed by atoms with Crippen molar-refractivity contribution in [2.45, 2.75) is 11.1 Å². The van der Waals surface area contributed by atoms with Gasteiger partial charge in [0.05, 0.1) is 38.9 Å². The first-order chi connectivity index (χ1) is 17.4. The van der Waals surface area contributed by atoms with Crippen LogP contribution in [0.25, 0.3) is 12.2 Å². The van der Waals surface area contributed by atoms with Gasteiger partial charge in [-0.3, -0.25) is 4.72 Å². The predicted octanol–water partition coefficient (Wildman–Crippen LogP) is 5.42. The molecule has 0 radical (unpaired) electrons. The lowest BCUT2D eigenvalue weighted by atomic mass is 10.1. The summed E-state index contributed by atoms with van der Waals surface area (Å²) >= 11 is 0. The number of anilines is 1. The minimum Gasteiger partial charge on any atom is -0.504 e. The second kappa shape index (κ2) is 10.9. The SMILES string of the molecule is COc1cc(C=Cc2ccc(O)c(OC)c2NS(=O)(=O)c2cccc(C(F)(F)F)c2)cc(OC)c1OC. The number of rotatable bonds is 9. The van der Waals surface area contributed by atoms with Gasteiger partial charge >= 0.3 is 6.18 Å². The molecule has 0 aromatic heterocycles. The highest BCUT2D eigenvalue weighted by Crippen LogP contribution is 2.41. The Bertz CT molecular complexity index is 1400. The molecule has 0 heterocycles. The Morgan fingerprint density at radius 3 is 2.00 bits per heavy atom. The average molecular weight is 540 g/mol. The molecule has 12 heteroatoms. The Balaban J connectivity index is 2.08. The Morgan fingerprint density at radius 2 is 1.46 bits per heavy atom. The molecular formula is C25H24F3NO7S.